The zero-order valence-corrected chi connectivity index (χ0v) is 16.9. The molecule has 0 heterocycles. The van der Waals surface area contributed by atoms with E-state index in [0.29, 0.717) is 17.2 Å². The van der Waals surface area contributed by atoms with Crippen LogP contribution in [0.15, 0.2) is 71.6 Å². The summed E-state index contributed by atoms with van der Waals surface area (Å²) in [5.74, 6) is -1.72. The Kier molecular flexibility index (Phi) is 6.23. The lowest BCUT2D eigenvalue weighted by atomic mass is 10.2. The van der Waals surface area contributed by atoms with Gasteiger partial charge in [0.25, 0.3) is 15.9 Å². The van der Waals surface area contributed by atoms with Gasteiger partial charge in [-0.25, -0.2) is 12.8 Å². The number of rotatable bonds is 5. The molecule has 0 atom stereocenters. The molecule has 0 aliphatic rings. The number of halogens is 5. The monoisotopic (exact) mass is 472 g/mol. The van der Waals surface area contributed by atoms with Crippen molar-refractivity contribution in [3.63, 3.8) is 0 Å². The third-order valence-corrected chi connectivity index (χ3v) is 5.64. The molecule has 0 spiro atoms. The Hall–Kier alpha value is -3.11. The summed E-state index contributed by atoms with van der Waals surface area (Å²) in [7, 11) is -4.39. The van der Waals surface area contributed by atoms with Crippen molar-refractivity contribution in [3.8, 4) is 0 Å². The maximum absolute atomic E-state index is 14.4. The highest BCUT2D eigenvalue weighted by Gasteiger charge is 2.30. The number of benzene rings is 3. The average molecular weight is 473 g/mol. The lowest BCUT2D eigenvalue weighted by Crippen LogP contribution is -2.16. The summed E-state index contributed by atoms with van der Waals surface area (Å²) >= 11 is 5.81. The molecule has 0 saturated heterocycles. The van der Waals surface area contributed by atoms with Crippen LogP contribution in [0.3, 0.4) is 0 Å². The maximum Gasteiger partial charge on any atom is 0.416 e. The van der Waals surface area contributed by atoms with Crippen LogP contribution in [0.4, 0.5) is 28.9 Å². The van der Waals surface area contributed by atoms with Crippen molar-refractivity contribution < 1.29 is 30.8 Å². The topological polar surface area (TPSA) is 75.3 Å². The van der Waals surface area contributed by atoms with Crippen molar-refractivity contribution in [2.75, 3.05) is 10.0 Å². The van der Waals surface area contributed by atoms with Gasteiger partial charge in [-0.15, -0.1) is 0 Å². The van der Waals surface area contributed by atoms with E-state index >= 15 is 0 Å². The molecular formula is C20H13ClF4N2O3S. The molecule has 0 aliphatic carbocycles. The first kappa shape index (κ1) is 22.6. The average Bonchev–Trinajstić information content (AvgIpc) is 2.68. The van der Waals surface area contributed by atoms with Crippen LogP contribution in [0.5, 0.6) is 0 Å². The molecule has 0 fully saturated rings. The maximum atomic E-state index is 14.4. The van der Waals surface area contributed by atoms with Crippen LogP contribution >= 0.6 is 11.6 Å². The third kappa shape index (κ3) is 5.53. The lowest BCUT2D eigenvalue weighted by molar-refractivity contribution is -0.137. The Bertz CT molecular complexity index is 1250. The van der Waals surface area contributed by atoms with E-state index in [1.807, 2.05) is 4.72 Å². The minimum atomic E-state index is -4.66. The van der Waals surface area contributed by atoms with Gasteiger partial charge in [0.2, 0.25) is 0 Å². The Morgan fingerprint density at radius 3 is 2.29 bits per heavy atom. The predicted octanol–water partition coefficient (Wildman–Crippen LogP) is 5.55. The minimum Gasteiger partial charge on any atom is -0.319 e. The van der Waals surface area contributed by atoms with E-state index in [2.05, 4.69) is 5.32 Å². The molecule has 0 bridgehead atoms. The largest absolute Gasteiger partial charge is 0.416 e. The zero-order valence-electron chi connectivity index (χ0n) is 15.4. The van der Waals surface area contributed by atoms with E-state index in [1.54, 1.807) is 6.07 Å². The van der Waals surface area contributed by atoms with Crippen molar-refractivity contribution in [2.45, 2.75) is 11.1 Å². The smallest absolute Gasteiger partial charge is 0.319 e. The Morgan fingerprint density at radius 2 is 1.65 bits per heavy atom. The summed E-state index contributed by atoms with van der Waals surface area (Å²) in [4.78, 5) is 11.7. The van der Waals surface area contributed by atoms with Crippen molar-refractivity contribution in [1.29, 1.82) is 0 Å². The summed E-state index contributed by atoms with van der Waals surface area (Å²) in [5, 5.41) is 2.59. The van der Waals surface area contributed by atoms with Gasteiger partial charge < -0.3 is 5.32 Å². The molecule has 31 heavy (non-hydrogen) atoms. The Balaban J connectivity index is 1.81. The van der Waals surface area contributed by atoms with E-state index in [1.165, 1.54) is 18.2 Å². The molecule has 2 N–H and O–H groups in total. The van der Waals surface area contributed by atoms with Crippen LogP contribution in [0.2, 0.25) is 5.02 Å². The number of carbonyl (C=O) groups is 1. The third-order valence-electron chi connectivity index (χ3n) is 4.03. The number of hydrogen-bond acceptors (Lipinski definition) is 3. The highest BCUT2D eigenvalue weighted by Crippen LogP contribution is 2.31. The molecule has 11 heteroatoms. The van der Waals surface area contributed by atoms with Crippen LogP contribution in [0.1, 0.15) is 15.9 Å². The number of carbonyl (C=O) groups excluding carboxylic acids is 1. The fraction of sp³-hybridized carbons (Fsp3) is 0.0500. The van der Waals surface area contributed by atoms with Crippen molar-refractivity contribution in [2.24, 2.45) is 0 Å². The van der Waals surface area contributed by atoms with Gasteiger partial charge in [0, 0.05) is 16.3 Å². The number of anilines is 2. The molecule has 1 amide bonds. The van der Waals surface area contributed by atoms with Gasteiger partial charge in [-0.3, -0.25) is 9.52 Å². The molecule has 0 saturated carbocycles. The van der Waals surface area contributed by atoms with Gasteiger partial charge in [-0.1, -0.05) is 23.7 Å². The zero-order chi connectivity index (χ0) is 22.8. The van der Waals surface area contributed by atoms with Gasteiger partial charge in [-0.2, -0.15) is 13.2 Å². The van der Waals surface area contributed by atoms with E-state index < -0.39 is 38.4 Å². The standard InChI is InChI=1S/C20H13ClF4N2O3S/c21-14-5-1-3-12(9-14)19(28)26-18-8-7-16(11-17(18)22)31(29,30)27-15-6-2-4-13(10-15)20(23,24)25/h1-11,27H,(H,26,28). The first-order valence-electron chi connectivity index (χ1n) is 8.52. The summed E-state index contributed by atoms with van der Waals surface area (Å²) in [6.45, 7) is 0. The molecule has 3 aromatic carbocycles. The van der Waals surface area contributed by atoms with E-state index in [4.69, 9.17) is 11.6 Å². The SMILES string of the molecule is O=C(Nc1ccc(S(=O)(=O)Nc2cccc(C(F)(F)F)c2)cc1F)c1cccc(Cl)c1. The second-order valence-electron chi connectivity index (χ2n) is 6.29. The van der Waals surface area contributed by atoms with Crippen molar-refractivity contribution in [3.05, 3.63) is 88.7 Å². The number of hydrogen-bond donors (Lipinski definition) is 2. The van der Waals surface area contributed by atoms with Gasteiger partial charge >= 0.3 is 6.18 Å². The molecule has 0 unspecified atom stereocenters. The molecular weight excluding hydrogens is 460 g/mol. The highest BCUT2D eigenvalue weighted by molar-refractivity contribution is 7.92. The summed E-state index contributed by atoms with van der Waals surface area (Å²) in [6, 6.07) is 12.2. The summed E-state index contributed by atoms with van der Waals surface area (Å²) in [5.41, 5.74) is -1.51. The second-order valence-corrected chi connectivity index (χ2v) is 8.41. The summed E-state index contributed by atoms with van der Waals surface area (Å²) in [6.07, 6.45) is -4.66. The molecule has 162 valence electrons. The van der Waals surface area contributed by atoms with Crippen LogP contribution < -0.4 is 10.0 Å². The predicted molar refractivity (Wildman–Crippen MR) is 108 cm³/mol. The highest BCUT2D eigenvalue weighted by atomic mass is 35.5. The van der Waals surface area contributed by atoms with Gasteiger partial charge in [-0.05, 0) is 54.6 Å². The lowest BCUT2D eigenvalue weighted by Gasteiger charge is -2.12. The normalized spacial score (nSPS) is 11.8. The molecule has 0 aromatic heterocycles. The molecule has 3 aromatic rings. The molecule has 3 rings (SSSR count). The second kappa shape index (κ2) is 8.56. The van der Waals surface area contributed by atoms with Crippen LogP contribution in [-0.4, -0.2) is 14.3 Å². The van der Waals surface area contributed by atoms with Crippen LogP contribution in [-0.2, 0) is 16.2 Å². The number of alkyl halides is 3. The number of nitrogens with one attached hydrogen (secondary N) is 2. The van der Waals surface area contributed by atoms with Crippen molar-refractivity contribution in [1.82, 2.24) is 0 Å². The Morgan fingerprint density at radius 1 is 0.935 bits per heavy atom. The van der Waals surface area contributed by atoms with Crippen LogP contribution in [0.25, 0.3) is 0 Å². The van der Waals surface area contributed by atoms with Gasteiger partial charge in [0.1, 0.15) is 5.82 Å². The molecule has 0 aliphatic heterocycles. The number of sulfonamides is 1. The fourth-order valence-corrected chi connectivity index (χ4v) is 3.81. The van der Waals surface area contributed by atoms with E-state index in [9.17, 15) is 30.8 Å². The molecule has 5 nitrogen and oxygen atoms in total. The van der Waals surface area contributed by atoms with Crippen LogP contribution in [0, 0.1) is 5.82 Å². The number of amides is 1. The van der Waals surface area contributed by atoms with E-state index in [-0.39, 0.29) is 16.9 Å². The Labute approximate surface area is 179 Å². The van der Waals surface area contributed by atoms with Gasteiger partial charge in [0.15, 0.2) is 0 Å². The molecule has 0 radical (unpaired) electrons. The summed E-state index contributed by atoms with van der Waals surface area (Å²) < 4.78 is 79.7. The van der Waals surface area contributed by atoms with Gasteiger partial charge in [0.05, 0.1) is 16.1 Å². The van der Waals surface area contributed by atoms with E-state index in [0.717, 1.165) is 30.3 Å². The minimum absolute atomic E-state index is 0.162. The quantitative estimate of drug-likeness (QED) is 0.478. The first-order valence-corrected chi connectivity index (χ1v) is 10.4. The van der Waals surface area contributed by atoms with Crippen molar-refractivity contribution >= 4 is 38.9 Å². The fourth-order valence-electron chi connectivity index (χ4n) is 2.56. The first-order chi connectivity index (χ1) is 14.5.